The highest BCUT2D eigenvalue weighted by molar-refractivity contribution is 5.45. The fourth-order valence-corrected chi connectivity index (χ4v) is 2.09. The minimum Gasteiger partial charge on any atom is -0.496 e. The predicted octanol–water partition coefficient (Wildman–Crippen LogP) is 2.08. The van der Waals surface area contributed by atoms with Crippen molar-refractivity contribution in [2.24, 2.45) is 5.73 Å². The second-order valence-electron chi connectivity index (χ2n) is 4.14. The number of nitrogens with two attached hydrogens (primary N) is 1. The summed E-state index contributed by atoms with van der Waals surface area (Å²) in [4.78, 5) is 7.22. The average molecular weight is 231 g/mol. The Morgan fingerprint density at radius 2 is 1.94 bits per heavy atom. The standard InChI is InChI=1S/C13H17N3O/c1-8-6-10(7-9(2)12(8)17-3)11(14)13-15-4-5-16-13/h4-7,11H,14H2,1-3H3,(H,15,16). The topological polar surface area (TPSA) is 63.9 Å². The summed E-state index contributed by atoms with van der Waals surface area (Å²) in [6.45, 7) is 4.04. The summed E-state index contributed by atoms with van der Waals surface area (Å²) in [6, 6.07) is 3.85. The van der Waals surface area contributed by atoms with Crippen LogP contribution in [0.4, 0.5) is 0 Å². The third kappa shape index (κ3) is 2.17. The Kier molecular flexibility index (Phi) is 3.15. The van der Waals surface area contributed by atoms with E-state index in [0.717, 1.165) is 28.3 Å². The molecule has 0 aliphatic rings. The molecule has 1 aromatic heterocycles. The number of rotatable bonds is 3. The molecule has 90 valence electrons. The first-order chi connectivity index (χ1) is 8.13. The number of benzene rings is 1. The largest absolute Gasteiger partial charge is 0.496 e. The Morgan fingerprint density at radius 3 is 2.41 bits per heavy atom. The van der Waals surface area contributed by atoms with Crippen molar-refractivity contribution >= 4 is 0 Å². The van der Waals surface area contributed by atoms with Crippen LogP contribution in [0.25, 0.3) is 0 Å². The monoisotopic (exact) mass is 231 g/mol. The maximum atomic E-state index is 6.16. The van der Waals surface area contributed by atoms with Crippen LogP contribution < -0.4 is 10.5 Å². The number of nitrogens with one attached hydrogen (secondary N) is 1. The van der Waals surface area contributed by atoms with Crippen molar-refractivity contribution in [3.8, 4) is 5.75 Å². The van der Waals surface area contributed by atoms with E-state index in [1.807, 2.05) is 26.0 Å². The van der Waals surface area contributed by atoms with Gasteiger partial charge in [-0.3, -0.25) is 0 Å². The van der Waals surface area contributed by atoms with Crippen LogP contribution in [-0.2, 0) is 0 Å². The van der Waals surface area contributed by atoms with Crippen molar-refractivity contribution in [2.75, 3.05) is 7.11 Å². The van der Waals surface area contributed by atoms with Gasteiger partial charge in [-0.1, -0.05) is 12.1 Å². The van der Waals surface area contributed by atoms with E-state index in [2.05, 4.69) is 9.97 Å². The molecule has 1 heterocycles. The molecule has 17 heavy (non-hydrogen) atoms. The third-order valence-corrected chi connectivity index (χ3v) is 2.86. The highest BCUT2D eigenvalue weighted by Gasteiger charge is 2.14. The molecule has 1 atom stereocenters. The minimum atomic E-state index is -0.228. The van der Waals surface area contributed by atoms with Gasteiger partial charge >= 0.3 is 0 Å². The van der Waals surface area contributed by atoms with Gasteiger partial charge in [-0.2, -0.15) is 0 Å². The third-order valence-electron chi connectivity index (χ3n) is 2.86. The van der Waals surface area contributed by atoms with Gasteiger partial charge in [0.1, 0.15) is 11.6 Å². The van der Waals surface area contributed by atoms with E-state index in [-0.39, 0.29) is 6.04 Å². The number of H-pyrrole nitrogens is 1. The quantitative estimate of drug-likeness (QED) is 0.850. The van der Waals surface area contributed by atoms with Gasteiger partial charge in [-0.15, -0.1) is 0 Å². The number of methoxy groups -OCH3 is 1. The molecule has 3 N–H and O–H groups in total. The molecule has 2 aromatic rings. The van der Waals surface area contributed by atoms with Crippen LogP contribution >= 0.6 is 0 Å². The molecule has 4 nitrogen and oxygen atoms in total. The van der Waals surface area contributed by atoms with E-state index in [9.17, 15) is 0 Å². The lowest BCUT2D eigenvalue weighted by Gasteiger charge is -2.14. The fourth-order valence-electron chi connectivity index (χ4n) is 2.09. The normalized spacial score (nSPS) is 12.5. The molecule has 4 heteroatoms. The number of aromatic amines is 1. The fraction of sp³-hybridized carbons (Fsp3) is 0.308. The van der Waals surface area contributed by atoms with Gasteiger partial charge in [0, 0.05) is 12.4 Å². The maximum Gasteiger partial charge on any atom is 0.127 e. The molecule has 1 unspecified atom stereocenters. The van der Waals surface area contributed by atoms with E-state index in [0.29, 0.717) is 0 Å². The van der Waals surface area contributed by atoms with E-state index in [1.165, 1.54) is 0 Å². The maximum absolute atomic E-state index is 6.16. The molecule has 0 aliphatic carbocycles. The smallest absolute Gasteiger partial charge is 0.127 e. The summed E-state index contributed by atoms with van der Waals surface area (Å²) >= 11 is 0. The summed E-state index contributed by atoms with van der Waals surface area (Å²) in [7, 11) is 1.68. The van der Waals surface area contributed by atoms with Crippen LogP contribution in [0.5, 0.6) is 5.75 Å². The molecule has 0 aliphatic heterocycles. The lowest BCUT2D eigenvalue weighted by molar-refractivity contribution is 0.408. The molecule has 0 bridgehead atoms. The van der Waals surface area contributed by atoms with Gasteiger partial charge in [0.2, 0.25) is 0 Å². The van der Waals surface area contributed by atoms with Crippen LogP contribution in [0, 0.1) is 13.8 Å². The first-order valence-electron chi connectivity index (χ1n) is 5.53. The van der Waals surface area contributed by atoms with E-state index < -0.39 is 0 Å². The summed E-state index contributed by atoms with van der Waals surface area (Å²) in [6.07, 6.45) is 3.48. The van der Waals surface area contributed by atoms with Gasteiger partial charge in [-0.05, 0) is 30.5 Å². The summed E-state index contributed by atoms with van der Waals surface area (Å²) in [5.41, 5.74) is 9.37. The Morgan fingerprint density at radius 1 is 1.29 bits per heavy atom. The average Bonchev–Trinajstić information content (AvgIpc) is 2.81. The Labute approximate surface area is 101 Å². The molecule has 0 saturated heterocycles. The van der Waals surface area contributed by atoms with Crippen molar-refractivity contribution in [3.05, 3.63) is 47.0 Å². The van der Waals surface area contributed by atoms with E-state index in [4.69, 9.17) is 10.5 Å². The Balaban J connectivity index is 2.40. The van der Waals surface area contributed by atoms with Crippen LogP contribution in [0.15, 0.2) is 24.5 Å². The summed E-state index contributed by atoms with van der Waals surface area (Å²) in [5.74, 6) is 1.69. The predicted molar refractivity (Wildman–Crippen MR) is 67.1 cm³/mol. The highest BCUT2D eigenvalue weighted by atomic mass is 16.5. The van der Waals surface area contributed by atoms with Gasteiger partial charge in [-0.25, -0.2) is 4.98 Å². The molecular weight excluding hydrogens is 214 g/mol. The number of ether oxygens (including phenoxy) is 1. The number of aromatic nitrogens is 2. The van der Waals surface area contributed by atoms with E-state index in [1.54, 1.807) is 19.5 Å². The number of hydrogen-bond acceptors (Lipinski definition) is 3. The summed E-state index contributed by atoms with van der Waals surface area (Å²) in [5, 5.41) is 0. The van der Waals surface area contributed by atoms with Crippen molar-refractivity contribution in [1.29, 1.82) is 0 Å². The zero-order valence-electron chi connectivity index (χ0n) is 10.3. The molecular formula is C13H17N3O. The first kappa shape index (κ1) is 11.7. The van der Waals surface area contributed by atoms with Gasteiger partial charge in [0.05, 0.1) is 13.2 Å². The molecule has 0 amide bonds. The minimum absolute atomic E-state index is 0.228. The highest BCUT2D eigenvalue weighted by Crippen LogP contribution is 2.27. The van der Waals surface area contributed by atoms with Crippen molar-refractivity contribution in [2.45, 2.75) is 19.9 Å². The molecule has 2 rings (SSSR count). The zero-order valence-corrected chi connectivity index (χ0v) is 10.3. The SMILES string of the molecule is COc1c(C)cc(C(N)c2ncc[nH]2)cc1C. The van der Waals surface area contributed by atoms with Crippen molar-refractivity contribution in [3.63, 3.8) is 0 Å². The molecule has 1 aromatic carbocycles. The van der Waals surface area contributed by atoms with Gasteiger partial charge in [0.25, 0.3) is 0 Å². The lowest BCUT2D eigenvalue weighted by Crippen LogP contribution is -2.14. The molecule has 0 spiro atoms. The Bertz CT molecular complexity index is 482. The first-order valence-corrected chi connectivity index (χ1v) is 5.53. The molecule has 0 radical (unpaired) electrons. The number of imidazole rings is 1. The number of aryl methyl sites for hydroxylation is 2. The van der Waals surface area contributed by atoms with Crippen molar-refractivity contribution in [1.82, 2.24) is 9.97 Å². The molecule has 0 fully saturated rings. The van der Waals surface area contributed by atoms with E-state index >= 15 is 0 Å². The van der Waals surface area contributed by atoms with Crippen LogP contribution in [-0.4, -0.2) is 17.1 Å². The second-order valence-corrected chi connectivity index (χ2v) is 4.14. The van der Waals surface area contributed by atoms with Crippen LogP contribution in [0.1, 0.15) is 28.6 Å². The van der Waals surface area contributed by atoms with Gasteiger partial charge in [0.15, 0.2) is 0 Å². The Hall–Kier alpha value is -1.81. The number of hydrogen-bond donors (Lipinski definition) is 2. The number of nitrogens with zero attached hydrogens (tertiary/aromatic N) is 1. The lowest BCUT2D eigenvalue weighted by atomic mass is 10.0. The summed E-state index contributed by atoms with van der Waals surface area (Å²) < 4.78 is 5.34. The van der Waals surface area contributed by atoms with Gasteiger partial charge < -0.3 is 15.5 Å². The molecule has 0 saturated carbocycles. The van der Waals surface area contributed by atoms with Crippen LogP contribution in [0.3, 0.4) is 0 Å². The second kappa shape index (κ2) is 4.59. The van der Waals surface area contributed by atoms with Crippen LogP contribution in [0.2, 0.25) is 0 Å². The zero-order chi connectivity index (χ0) is 12.4. The van der Waals surface area contributed by atoms with Crippen molar-refractivity contribution < 1.29 is 4.74 Å².